The van der Waals surface area contributed by atoms with Crippen molar-refractivity contribution >= 4 is 5.97 Å². The predicted molar refractivity (Wildman–Crippen MR) is 92.0 cm³/mol. The Morgan fingerprint density at radius 3 is 2.50 bits per heavy atom. The summed E-state index contributed by atoms with van der Waals surface area (Å²) < 4.78 is 10.7. The van der Waals surface area contributed by atoms with Crippen LogP contribution in [0, 0.1) is 0 Å². The fraction of sp³-hybridized carbons (Fsp3) is 0.350. The third kappa shape index (κ3) is 3.35. The highest BCUT2D eigenvalue weighted by Gasteiger charge is 2.51. The molecule has 3 rings (SSSR count). The number of methoxy groups -OCH3 is 1. The van der Waals surface area contributed by atoms with Crippen LogP contribution in [0.5, 0.6) is 0 Å². The molecule has 1 aliphatic carbocycles. The largest absolute Gasteiger partial charge is 0.481 e. The van der Waals surface area contributed by atoms with Crippen LogP contribution in [0.2, 0.25) is 0 Å². The third-order valence-corrected chi connectivity index (χ3v) is 4.59. The molecule has 1 fully saturated rings. The van der Waals surface area contributed by atoms with Crippen LogP contribution in [-0.2, 0) is 26.3 Å². The van der Waals surface area contributed by atoms with Gasteiger partial charge in [-0.15, -0.1) is 0 Å². The molecule has 0 saturated heterocycles. The summed E-state index contributed by atoms with van der Waals surface area (Å²) in [6, 6.07) is 16.0. The van der Waals surface area contributed by atoms with Gasteiger partial charge in [-0.05, 0) is 35.1 Å². The lowest BCUT2D eigenvalue weighted by molar-refractivity contribution is -0.140. The molecule has 0 aliphatic heterocycles. The van der Waals surface area contributed by atoms with Crippen molar-refractivity contribution in [3.63, 3.8) is 0 Å². The number of carboxylic acids is 1. The molecule has 1 aliphatic rings. The lowest BCUT2D eigenvalue weighted by atomic mass is 9.90. The second-order valence-corrected chi connectivity index (χ2v) is 6.17. The molecule has 24 heavy (non-hydrogen) atoms. The van der Waals surface area contributed by atoms with Crippen molar-refractivity contribution in [1.82, 2.24) is 0 Å². The van der Waals surface area contributed by atoms with Crippen LogP contribution >= 0.6 is 0 Å². The van der Waals surface area contributed by atoms with E-state index in [-0.39, 0.29) is 0 Å². The first-order valence-corrected chi connectivity index (χ1v) is 8.16. The molecular weight excluding hydrogens is 304 g/mol. The highest BCUT2D eigenvalue weighted by molar-refractivity contribution is 5.85. The Bertz CT molecular complexity index is 705. The lowest BCUT2D eigenvalue weighted by Gasteiger charge is -2.16. The van der Waals surface area contributed by atoms with E-state index >= 15 is 0 Å². The van der Waals surface area contributed by atoms with Crippen LogP contribution in [0.1, 0.15) is 24.0 Å². The van der Waals surface area contributed by atoms with E-state index in [9.17, 15) is 9.90 Å². The van der Waals surface area contributed by atoms with Gasteiger partial charge >= 0.3 is 5.97 Å². The summed E-state index contributed by atoms with van der Waals surface area (Å²) in [5.41, 5.74) is 3.38. The first-order chi connectivity index (χ1) is 11.7. The van der Waals surface area contributed by atoms with E-state index in [1.807, 2.05) is 36.4 Å². The molecule has 1 saturated carbocycles. The Kier molecular flexibility index (Phi) is 4.97. The molecule has 126 valence electrons. The van der Waals surface area contributed by atoms with E-state index in [1.54, 1.807) is 7.11 Å². The first-order valence-electron chi connectivity index (χ1n) is 8.16. The molecule has 0 spiro atoms. The van der Waals surface area contributed by atoms with Crippen molar-refractivity contribution in [2.45, 2.75) is 24.9 Å². The zero-order valence-electron chi connectivity index (χ0n) is 13.8. The average Bonchev–Trinajstić information content (AvgIpc) is 3.41. The van der Waals surface area contributed by atoms with Gasteiger partial charge in [0.15, 0.2) is 0 Å². The third-order valence-electron chi connectivity index (χ3n) is 4.59. The average molecular weight is 326 g/mol. The monoisotopic (exact) mass is 326 g/mol. The van der Waals surface area contributed by atoms with E-state index in [1.165, 1.54) is 0 Å². The Morgan fingerprint density at radius 1 is 1.12 bits per heavy atom. The molecule has 2 aromatic carbocycles. The number of ether oxygens (including phenoxy) is 2. The van der Waals surface area contributed by atoms with Crippen molar-refractivity contribution in [2.24, 2.45) is 0 Å². The summed E-state index contributed by atoms with van der Waals surface area (Å²) in [6.45, 7) is 1.50. The number of hydrogen-bond donors (Lipinski definition) is 1. The Labute approximate surface area is 142 Å². The predicted octanol–water partition coefficient (Wildman–Crippen LogP) is 3.63. The fourth-order valence-electron chi connectivity index (χ4n) is 2.99. The van der Waals surface area contributed by atoms with Crippen molar-refractivity contribution in [2.75, 3.05) is 20.3 Å². The zero-order chi connectivity index (χ0) is 17.0. The van der Waals surface area contributed by atoms with Crippen LogP contribution in [0.4, 0.5) is 0 Å². The fourth-order valence-corrected chi connectivity index (χ4v) is 2.99. The summed E-state index contributed by atoms with van der Waals surface area (Å²) >= 11 is 0. The van der Waals surface area contributed by atoms with E-state index in [4.69, 9.17) is 9.47 Å². The topological polar surface area (TPSA) is 55.8 Å². The second-order valence-electron chi connectivity index (χ2n) is 6.17. The summed E-state index contributed by atoms with van der Waals surface area (Å²) in [5, 5.41) is 9.53. The normalized spacial score (nSPS) is 15.2. The first kappa shape index (κ1) is 16.7. The Balaban J connectivity index is 1.92. The van der Waals surface area contributed by atoms with Crippen LogP contribution < -0.4 is 0 Å². The maximum Gasteiger partial charge on any atom is 0.314 e. The molecule has 0 heterocycles. The van der Waals surface area contributed by atoms with Gasteiger partial charge in [-0.1, -0.05) is 48.5 Å². The summed E-state index contributed by atoms with van der Waals surface area (Å²) in [6.07, 6.45) is 1.41. The number of carbonyl (C=O) groups is 1. The quantitative estimate of drug-likeness (QED) is 0.753. The number of aliphatic carboxylic acids is 1. The van der Waals surface area contributed by atoms with Gasteiger partial charge in [0.1, 0.15) is 0 Å². The summed E-state index contributed by atoms with van der Waals surface area (Å²) in [5.74, 6) is -0.735. The maximum atomic E-state index is 11.6. The van der Waals surface area contributed by atoms with Gasteiger partial charge in [0.2, 0.25) is 0 Å². The van der Waals surface area contributed by atoms with Crippen molar-refractivity contribution < 1.29 is 19.4 Å². The van der Waals surface area contributed by atoms with Gasteiger partial charge in [0.05, 0.1) is 25.2 Å². The van der Waals surface area contributed by atoms with Crippen molar-refractivity contribution in [3.8, 4) is 11.1 Å². The molecule has 0 aromatic heterocycles. The zero-order valence-corrected chi connectivity index (χ0v) is 13.8. The highest BCUT2D eigenvalue weighted by atomic mass is 16.5. The number of rotatable bonds is 8. The summed E-state index contributed by atoms with van der Waals surface area (Å²) in [7, 11) is 1.64. The second kappa shape index (κ2) is 7.16. The summed E-state index contributed by atoms with van der Waals surface area (Å²) in [4.78, 5) is 11.6. The maximum absolute atomic E-state index is 11.6. The Hall–Kier alpha value is -2.17. The number of carboxylic acid groups (broad SMARTS) is 1. The number of benzene rings is 2. The van der Waals surface area contributed by atoms with Crippen LogP contribution in [0.15, 0.2) is 48.5 Å². The van der Waals surface area contributed by atoms with Crippen molar-refractivity contribution in [1.29, 1.82) is 0 Å². The minimum Gasteiger partial charge on any atom is -0.481 e. The Morgan fingerprint density at radius 2 is 1.88 bits per heavy atom. The van der Waals surface area contributed by atoms with E-state index in [0.717, 1.165) is 22.3 Å². The molecule has 0 unspecified atom stereocenters. The molecule has 4 nitrogen and oxygen atoms in total. The molecule has 0 radical (unpaired) electrons. The van der Waals surface area contributed by atoms with Gasteiger partial charge in [0.25, 0.3) is 0 Å². The van der Waals surface area contributed by atoms with E-state index in [2.05, 4.69) is 12.1 Å². The SMILES string of the molecule is COCCOCc1cc(C2(C(=O)O)CC2)ccc1-c1ccccc1. The van der Waals surface area contributed by atoms with E-state index in [0.29, 0.717) is 32.7 Å². The highest BCUT2D eigenvalue weighted by Crippen LogP contribution is 2.49. The molecular formula is C20H22O4. The van der Waals surface area contributed by atoms with Gasteiger partial charge < -0.3 is 14.6 Å². The van der Waals surface area contributed by atoms with Gasteiger partial charge in [-0.2, -0.15) is 0 Å². The van der Waals surface area contributed by atoms with Crippen LogP contribution in [0.25, 0.3) is 11.1 Å². The standard InChI is InChI=1S/C20H22O4/c1-23-11-12-24-14-16-13-17(20(9-10-20)19(21)22)7-8-18(16)15-5-3-2-4-6-15/h2-8,13H,9-12,14H2,1H3,(H,21,22). The molecule has 0 atom stereocenters. The van der Waals surface area contributed by atoms with Crippen molar-refractivity contribution in [3.05, 3.63) is 59.7 Å². The van der Waals surface area contributed by atoms with Crippen LogP contribution in [0.3, 0.4) is 0 Å². The number of hydrogen-bond acceptors (Lipinski definition) is 3. The molecule has 2 aromatic rings. The lowest BCUT2D eigenvalue weighted by Crippen LogP contribution is -2.19. The molecule has 4 heteroatoms. The minimum absolute atomic E-state index is 0.442. The minimum atomic E-state index is -0.735. The van der Waals surface area contributed by atoms with Gasteiger partial charge in [0, 0.05) is 7.11 Å². The van der Waals surface area contributed by atoms with Gasteiger partial charge in [-0.3, -0.25) is 4.79 Å². The van der Waals surface area contributed by atoms with Crippen LogP contribution in [-0.4, -0.2) is 31.4 Å². The molecule has 0 bridgehead atoms. The smallest absolute Gasteiger partial charge is 0.314 e. The molecule has 1 N–H and O–H groups in total. The van der Waals surface area contributed by atoms with Gasteiger partial charge in [-0.25, -0.2) is 0 Å². The molecule has 0 amide bonds. The van der Waals surface area contributed by atoms with E-state index < -0.39 is 11.4 Å².